The van der Waals surface area contributed by atoms with Crippen LogP contribution in [-0.2, 0) is 24.8 Å². The second-order valence-electron chi connectivity index (χ2n) is 9.71. The molecule has 2 saturated heterocycles. The van der Waals surface area contributed by atoms with Crippen LogP contribution in [0, 0.1) is 0 Å². The number of aliphatic carboxylic acids is 1. The van der Waals surface area contributed by atoms with Gasteiger partial charge in [-0.05, 0) is 30.7 Å². The predicted molar refractivity (Wildman–Crippen MR) is 135 cm³/mol. The zero-order valence-electron chi connectivity index (χ0n) is 20.8. The molecule has 0 bridgehead atoms. The number of carboxylic acids is 1. The van der Waals surface area contributed by atoms with Gasteiger partial charge in [-0.2, -0.15) is 13.2 Å². The number of carbonyl (C=O) groups is 2. The third-order valence-corrected chi connectivity index (χ3v) is 9.71. The molecule has 0 radical (unpaired) electrons. The fourth-order valence-electron chi connectivity index (χ4n) is 5.01. The van der Waals surface area contributed by atoms with Gasteiger partial charge >= 0.3 is 12.1 Å². The van der Waals surface area contributed by atoms with Crippen LogP contribution in [0.4, 0.5) is 22.0 Å². The van der Waals surface area contributed by atoms with Crippen LogP contribution in [0.2, 0.25) is 10.0 Å². The molecule has 4 rings (SSSR count). The minimum absolute atomic E-state index is 0.158. The number of hydrogen-bond acceptors (Lipinski definition) is 7. The summed E-state index contributed by atoms with van der Waals surface area (Å²) in [5.41, 5.74) is -1.37. The molecule has 2 aliphatic heterocycles. The zero-order chi connectivity index (χ0) is 30.3. The van der Waals surface area contributed by atoms with Gasteiger partial charge in [0.05, 0.1) is 32.4 Å². The predicted octanol–water partition coefficient (Wildman–Crippen LogP) is 3.68. The number of rotatable bonds is 9. The number of alkyl halides is 5. The first-order valence-corrected chi connectivity index (χ1v) is 14.2. The Morgan fingerprint density at radius 1 is 1.17 bits per heavy atom. The summed E-state index contributed by atoms with van der Waals surface area (Å²) in [4.78, 5) is 31.9. The van der Waals surface area contributed by atoms with Crippen LogP contribution in [0.25, 0.3) is 0 Å². The van der Waals surface area contributed by atoms with E-state index in [1.807, 2.05) is 0 Å². The lowest BCUT2D eigenvalue weighted by molar-refractivity contribution is -0.155. The number of pyridine rings is 1. The van der Waals surface area contributed by atoms with Crippen molar-refractivity contribution in [1.29, 1.82) is 0 Å². The lowest BCUT2D eigenvalue weighted by atomic mass is 9.74. The molecule has 1 amide bonds. The molecule has 41 heavy (non-hydrogen) atoms. The Labute approximate surface area is 240 Å². The van der Waals surface area contributed by atoms with Crippen LogP contribution in [0.15, 0.2) is 41.4 Å². The first kappa shape index (κ1) is 31.2. The van der Waals surface area contributed by atoms with Crippen molar-refractivity contribution in [1.82, 2.24) is 14.8 Å². The van der Waals surface area contributed by atoms with E-state index in [1.54, 1.807) is 0 Å². The Bertz CT molecular complexity index is 1420. The van der Waals surface area contributed by atoms with Gasteiger partial charge < -0.3 is 14.7 Å². The Hall–Kier alpha value is -2.75. The highest BCUT2D eigenvalue weighted by atomic mass is 35.5. The number of likely N-dealkylation sites (tertiary alicyclic amines) is 2. The molecule has 3 heterocycles. The van der Waals surface area contributed by atoms with Crippen LogP contribution in [-0.4, -0.2) is 96.9 Å². The molecular formula is C24H22Cl2F5N3O6S. The highest BCUT2D eigenvalue weighted by molar-refractivity contribution is 7.92. The van der Waals surface area contributed by atoms with E-state index in [2.05, 4.69) is 9.72 Å². The number of halogens is 7. The molecule has 2 fully saturated rings. The third kappa shape index (κ3) is 6.52. The molecule has 0 unspecified atom stereocenters. The maximum absolute atomic E-state index is 13.9. The average molecular weight is 646 g/mol. The molecule has 9 nitrogen and oxygen atoms in total. The van der Waals surface area contributed by atoms with Gasteiger partial charge in [0.1, 0.15) is 17.2 Å². The molecule has 17 heteroatoms. The molecule has 0 saturated carbocycles. The molecule has 1 aromatic carbocycles. The van der Waals surface area contributed by atoms with E-state index in [1.165, 1.54) is 23.2 Å². The molecule has 224 valence electrons. The van der Waals surface area contributed by atoms with E-state index in [0.717, 1.165) is 23.1 Å². The molecule has 1 aromatic heterocycles. The lowest BCUT2D eigenvalue weighted by Gasteiger charge is -2.50. The number of carboxylic acid groups (broad SMARTS) is 1. The average Bonchev–Trinajstić information content (AvgIpc) is 3.31. The molecule has 0 spiro atoms. The first-order chi connectivity index (χ1) is 19.0. The SMILES string of the molecule is O=C(O)[C@@H]1C[C@@H](S(=O)(=O)c2ccc(OCC(F)(F)F)cc2Cl)CN1C(=O)C1(c2ccc(Cl)cn2)CN(CC(F)F)C1. The van der Waals surface area contributed by atoms with Gasteiger partial charge in [-0.25, -0.2) is 22.0 Å². The second kappa shape index (κ2) is 11.5. The number of amides is 1. The maximum atomic E-state index is 13.9. The molecule has 2 atom stereocenters. The monoisotopic (exact) mass is 645 g/mol. The summed E-state index contributed by atoms with van der Waals surface area (Å²) in [7, 11) is -4.40. The number of benzene rings is 1. The van der Waals surface area contributed by atoms with Crippen molar-refractivity contribution in [3.05, 3.63) is 52.3 Å². The van der Waals surface area contributed by atoms with E-state index in [0.29, 0.717) is 0 Å². The maximum Gasteiger partial charge on any atom is 0.422 e. The van der Waals surface area contributed by atoms with E-state index in [9.17, 15) is 45.1 Å². The quantitative estimate of drug-likeness (QED) is 0.411. The summed E-state index contributed by atoms with van der Waals surface area (Å²) in [6.07, 6.45) is -6.60. The molecule has 0 aliphatic carbocycles. The highest BCUT2D eigenvalue weighted by Gasteiger charge is 2.57. The molecular weight excluding hydrogens is 624 g/mol. The van der Waals surface area contributed by atoms with Gasteiger partial charge in [-0.1, -0.05) is 23.2 Å². The fraction of sp³-hybridized carbons (Fsp3) is 0.458. The Kier molecular flexibility index (Phi) is 8.75. The van der Waals surface area contributed by atoms with Crippen molar-refractivity contribution in [2.45, 2.75) is 40.6 Å². The van der Waals surface area contributed by atoms with Crippen molar-refractivity contribution in [2.24, 2.45) is 0 Å². The smallest absolute Gasteiger partial charge is 0.422 e. The van der Waals surface area contributed by atoms with Crippen LogP contribution in [0.5, 0.6) is 5.75 Å². The van der Waals surface area contributed by atoms with Gasteiger partial charge in [-0.3, -0.25) is 14.7 Å². The lowest BCUT2D eigenvalue weighted by Crippen LogP contribution is -2.68. The fourth-order valence-corrected chi connectivity index (χ4v) is 7.35. The number of ether oxygens (including phenoxy) is 1. The number of nitrogens with zero attached hydrogens (tertiary/aromatic N) is 3. The summed E-state index contributed by atoms with van der Waals surface area (Å²) in [5, 5.41) is 8.21. The van der Waals surface area contributed by atoms with Crippen LogP contribution in [0.3, 0.4) is 0 Å². The number of aromatic nitrogens is 1. The standard InChI is InChI=1S/C24H22Cl2F5N3O6S/c25-13-1-4-19(32-7-13)23(10-33(11-23)9-20(27)28)22(37)34-8-15(6-17(34)21(35)36)41(38,39)18-3-2-14(5-16(18)26)40-12-24(29,30)31/h1-5,7,15,17,20H,6,8-12H2,(H,35,36)/t15-,17+/m1/s1. The van der Waals surface area contributed by atoms with Crippen LogP contribution >= 0.6 is 23.2 Å². The summed E-state index contributed by atoms with van der Waals surface area (Å²) in [6.45, 7) is -3.25. The number of sulfone groups is 1. The van der Waals surface area contributed by atoms with E-state index in [-0.39, 0.29) is 29.6 Å². The Morgan fingerprint density at radius 3 is 2.39 bits per heavy atom. The number of hydrogen-bond donors (Lipinski definition) is 1. The minimum Gasteiger partial charge on any atom is -0.484 e. The summed E-state index contributed by atoms with van der Waals surface area (Å²) in [5.74, 6) is -2.63. The van der Waals surface area contributed by atoms with Gasteiger partial charge in [0.25, 0.3) is 6.43 Å². The van der Waals surface area contributed by atoms with Gasteiger partial charge in [0.2, 0.25) is 5.91 Å². The van der Waals surface area contributed by atoms with Gasteiger partial charge in [0.15, 0.2) is 16.4 Å². The third-order valence-electron chi connectivity index (χ3n) is 6.87. The second-order valence-corrected chi connectivity index (χ2v) is 12.8. The van der Waals surface area contributed by atoms with Gasteiger partial charge in [0, 0.05) is 31.9 Å². The molecule has 1 N–H and O–H groups in total. The van der Waals surface area contributed by atoms with E-state index in [4.69, 9.17) is 23.2 Å². The van der Waals surface area contributed by atoms with Crippen LogP contribution in [0.1, 0.15) is 12.1 Å². The van der Waals surface area contributed by atoms with Gasteiger partial charge in [-0.15, -0.1) is 0 Å². The Morgan fingerprint density at radius 2 is 1.85 bits per heavy atom. The largest absolute Gasteiger partial charge is 0.484 e. The number of carbonyl (C=O) groups excluding carboxylic acids is 1. The van der Waals surface area contributed by atoms with Crippen LogP contribution < -0.4 is 4.74 Å². The van der Waals surface area contributed by atoms with E-state index >= 15 is 0 Å². The highest BCUT2D eigenvalue weighted by Crippen LogP contribution is 2.40. The summed E-state index contributed by atoms with van der Waals surface area (Å²) in [6, 6.07) is 4.08. The summed E-state index contributed by atoms with van der Waals surface area (Å²) < 4.78 is 94.9. The van der Waals surface area contributed by atoms with Crippen molar-refractivity contribution in [3.63, 3.8) is 0 Å². The van der Waals surface area contributed by atoms with Crippen molar-refractivity contribution >= 4 is 44.9 Å². The molecule has 2 aliphatic rings. The van der Waals surface area contributed by atoms with Crippen molar-refractivity contribution in [2.75, 3.05) is 32.8 Å². The molecule has 2 aromatic rings. The van der Waals surface area contributed by atoms with Crippen molar-refractivity contribution in [3.8, 4) is 5.75 Å². The summed E-state index contributed by atoms with van der Waals surface area (Å²) >= 11 is 12.0. The Balaban J connectivity index is 1.62. The first-order valence-electron chi connectivity index (χ1n) is 11.9. The van der Waals surface area contributed by atoms with E-state index < -0.39 is 87.1 Å². The zero-order valence-corrected chi connectivity index (χ0v) is 23.2. The van der Waals surface area contributed by atoms with Crippen molar-refractivity contribution < 1.29 is 49.8 Å². The normalized spacial score (nSPS) is 21.1. The topological polar surface area (TPSA) is 117 Å². The minimum atomic E-state index is -4.64.